The van der Waals surface area contributed by atoms with E-state index in [1.54, 1.807) is 0 Å². The monoisotopic (exact) mass is 280 g/mol. The van der Waals surface area contributed by atoms with Crippen LogP contribution in [0, 0.1) is 0 Å². The Morgan fingerprint density at radius 3 is 2.33 bits per heavy atom. The molecule has 2 aromatic rings. The van der Waals surface area contributed by atoms with Crippen molar-refractivity contribution in [3.63, 3.8) is 0 Å². The van der Waals surface area contributed by atoms with Gasteiger partial charge in [-0.3, -0.25) is 4.79 Å². The van der Waals surface area contributed by atoms with Crippen molar-refractivity contribution in [2.45, 2.75) is 6.54 Å². The minimum absolute atomic E-state index is 0.00645. The fourth-order valence-corrected chi connectivity index (χ4v) is 1.89. The molecule has 0 aliphatic heterocycles. The maximum Gasteiger partial charge on any atom is 0.234 e. The second kappa shape index (κ2) is 8.72. The van der Waals surface area contributed by atoms with E-state index in [-0.39, 0.29) is 5.91 Å². The zero-order valence-electron chi connectivity index (χ0n) is 12.0. The number of nitrogens with one attached hydrogen (secondary N) is 2. The highest BCUT2D eigenvalue weighted by Gasteiger charge is 1.99. The summed E-state index contributed by atoms with van der Waals surface area (Å²) < 4.78 is 0. The van der Waals surface area contributed by atoms with E-state index in [4.69, 9.17) is 0 Å². The first kappa shape index (κ1) is 15.0. The van der Waals surface area contributed by atoms with Crippen molar-refractivity contribution in [2.24, 2.45) is 0 Å². The van der Waals surface area contributed by atoms with Gasteiger partial charge in [0.2, 0.25) is 5.91 Å². The molecule has 3 nitrogen and oxygen atoms in total. The maximum absolute atomic E-state index is 11.7. The van der Waals surface area contributed by atoms with E-state index < -0.39 is 0 Å². The molecule has 0 aliphatic rings. The molecule has 0 aliphatic carbocycles. The van der Waals surface area contributed by atoms with Crippen LogP contribution in [0.5, 0.6) is 0 Å². The molecule has 0 aromatic heterocycles. The summed E-state index contributed by atoms with van der Waals surface area (Å²) in [7, 11) is 0. The fourth-order valence-electron chi connectivity index (χ4n) is 1.89. The highest BCUT2D eigenvalue weighted by atomic mass is 16.1. The van der Waals surface area contributed by atoms with Gasteiger partial charge in [0.25, 0.3) is 0 Å². The molecule has 0 saturated carbocycles. The topological polar surface area (TPSA) is 41.1 Å². The molecule has 0 heterocycles. The minimum Gasteiger partial charge on any atom is -0.351 e. The van der Waals surface area contributed by atoms with Crippen LogP contribution in [0.3, 0.4) is 0 Å². The highest BCUT2D eigenvalue weighted by molar-refractivity contribution is 5.78. The van der Waals surface area contributed by atoms with Gasteiger partial charge in [0, 0.05) is 13.1 Å². The number of amides is 1. The van der Waals surface area contributed by atoms with E-state index in [0.717, 1.165) is 11.1 Å². The van der Waals surface area contributed by atoms with E-state index in [1.807, 2.05) is 72.8 Å². The van der Waals surface area contributed by atoms with Gasteiger partial charge in [-0.1, -0.05) is 72.8 Å². The Balaban J connectivity index is 1.60. The molecule has 0 atom stereocenters. The number of rotatable bonds is 7. The zero-order valence-corrected chi connectivity index (χ0v) is 12.0. The second-order valence-corrected chi connectivity index (χ2v) is 4.71. The number of carbonyl (C=O) groups excluding carboxylic acids is 1. The predicted molar refractivity (Wildman–Crippen MR) is 86.6 cm³/mol. The Hall–Kier alpha value is -2.39. The summed E-state index contributed by atoms with van der Waals surface area (Å²) in [5.74, 6) is 0.00645. The van der Waals surface area contributed by atoms with Gasteiger partial charge in [-0.15, -0.1) is 0 Å². The number of hydrogen-bond donors (Lipinski definition) is 2. The zero-order chi connectivity index (χ0) is 14.8. The van der Waals surface area contributed by atoms with Crippen LogP contribution < -0.4 is 10.6 Å². The summed E-state index contributed by atoms with van der Waals surface area (Å²) in [6.45, 7) is 1.57. The lowest BCUT2D eigenvalue weighted by molar-refractivity contribution is -0.120. The Kier molecular flexibility index (Phi) is 6.23. The van der Waals surface area contributed by atoms with Crippen LogP contribution in [0.15, 0.2) is 66.7 Å². The molecular weight excluding hydrogens is 260 g/mol. The van der Waals surface area contributed by atoms with E-state index in [2.05, 4.69) is 10.6 Å². The van der Waals surface area contributed by atoms with Gasteiger partial charge in [0.15, 0.2) is 0 Å². The van der Waals surface area contributed by atoms with Gasteiger partial charge in [-0.05, 0) is 11.1 Å². The van der Waals surface area contributed by atoms with Gasteiger partial charge in [-0.25, -0.2) is 0 Å². The molecule has 2 rings (SSSR count). The van der Waals surface area contributed by atoms with Gasteiger partial charge >= 0.3 is 0 Å². The molecule has 108 valence electrons. The van der Waals surface area contributed by atoms with Crippen molar-refractivity contribution >= 4 is 12.0 Å². The summed E-state index contributed by atoms with van der Waals surface area (Å²) in [4.78, 5) is 11.7. The minimum atomic E-state index is 0.00645. The molecule has 0 spiro atoms. The average molecular weight is 280 g/mol. The molecule has 0 saturated heterocycles. The standard InChI is InChI=1S/C18H20N2O/c21-18(20-14-17-10-5-2-6-11-17)15-19-13-7-12-16-8-3-1-4-9-16/h1-12,19H,13-15H2,(H,20,21). The summed E-state index contributed by atoms with van der Waals surface area (Å²) >= 11 is 0. The highest BCUT2D eigenvalue weighted by Crippen LogP contribution is 2.00. The third-order valence-electron chi connectivity index (χ3n) is 2.99. The largest absolute Gasteiger partial charge is 0.351 e. The van der Waals surface area contributed by atoms with Gasteiger partial charge in [0.1, 0.15) is 0 Å². The van der Waals surface area contributed by atoms with E-state index in [0.29, 0.717) is 19.6 Å². The maximum atomic E-state index is 11.7. The molecule has 0 unspecified atom stereocenters. The quantitative estimate of drug-likeness (QED) is 0.765. The molecule has 0 bridgehead atoms. The molecule has 2 aromatic carbocycles. The van der Waals surface area contributed by atoms with Crippen LogP contribution in [0.2, 0.25) is 0 Å². The fraction of sp³-hybridized carbons (Fsp3) is 0.167. The molecule has 0 radical (unpaired) electrons. The van der Waals surface area contributed by atoms with Crippen LogP contribution in [0.25, 0.3) is 6.08 Å². The van der Waals surface area contributed by atoms with Gasteiger partial charge < -0.3 is 10.6 Å². The Bertz CT molecular complexity index is 564. The van der Waals surface area contributed by atoms with Crippen LogP contribution in [0.4, 0.5) is 0 Å². The predicted octanol–water partition coefficient (Wildman–Crippen LogP) is 2.61. The molecular formula is C18H20N2O. The molecule has 21 heavy (non-hydrogen) atoms. The molecule has 2 N–H and O–H groups in total. The Labute approximate surface area is 125 Å². The van der Waals surface area contributed by atoms with Crippen LogP contribution >= 0.6 is 0 Å². The first-order valence-corrected chi connectivity index (χ1v) is 7.07. The van der Waals surface area contributed by atoms with Gasteiger partial charge in [0.05, 0.1) is 6.54 Å². The van der Waals surface area contributed by atoms with E-state index in [9.17, 15) is 4.79 Å². The molecule has 3 heteroatoms. The van der Waals surface area contributed by atoms with Crippen molar-refractivity contribution in [3.8, 4) is 0 Å². The molecule has 1 amide bonds. The number of carbonyl (C=O) groups is 1. The van der Waals surface area contributed by atoms with Crippen molar-refractivity contribution in [1.82, 2.24) is 10.6 Å². The van der Waals surface area contributed by atoms with Crippen LogP contribution in [-0.4, -0.2) is 19.0 Å². The summed E-state index contributed by atoms with van der Waals surface area (Å²) in [5.41, 5.74) is 2.27. The first-order chi connectivity index (χ1) is 10.3. The van der Waals surface area contributed by atoms with Crippen LogP contribution in [-0.2, 0) is 11.3 Å². The summed E-state index contributed by atoms with van der Waals surface area (Å²) in [6, 6.07) is 20.0. The lowest BCUT2D eigenvalue weighted by atomic mass is 10.2. The number of benzene rings is 2. The van der Waals surface area contributed by atoms with Crippen LogP contribution in [0.1, 0.15) is 11.1 Å². The lowest BCUT2D eigenvalue weighted by Gasteiger charge is -2.05. The molecule has 0 fully saturated rings. The SMILES string of the molecule is O=C(CNCC=Cc1ccccc1)NCc1ccccc1. The van der Waals surface area contributed by atoms with Gasteiger partial charge in [-0.2, -0.15) is 0 Å². The third-order valence-corrected chi connectivity index (χ3v) is 2.99. The van der Waals surface area contributed by atoms with Crippen molar-refractivity contribution in [1.29, 1.82) is 0 Å². The number of hydrogen-bond acceptors (Lipinski definition) is 2. The third kappa shape index (κ3) is 6.06. The second-order valence-electron chi connectivity index (χ2n) is 4.71. The van der Waals surface area contributed by atoms with Crippen molar-refractivity contribution in [2.75, 3.05) is 13.1 Å². The lowest BCUT2D eigenvalue weighted by Crippen LogP contribution is -2.33. The average Bonchev–Trinajstić information content (AvgIpc) is 2.54. The Morgan fingerprint density at radius 1 is 0.952 bits per heavy atom. The summed E-state index contributed by atoms with van der Waals surface area (Å²) in [6.07, 6.45) is 4.05. The van der Waals surface area contributed by atoms with Crippen molar-refractivity contribution < 1.29 is 4.79 Å². The Morgan fingerprint density at radius 2 is 1.62 bits per heavy atom. The normalized spacial score (nSPS) is 10.7. The smallest absolute Gasteiger partial charge is 0.234 e. The summed E-state index contributed by atoms with van der Waals surface area (Å²) in [5, 5.41) is 5.97. The van der Waals surface area contributed by atoms with Crippen molar-refractivity contribution in [3.05, 3.63) is 77.9 Å². The van der Waals surface area contributed by atoms with E-state index in [1.165, 1.54) is 0 Å². The first-order valence-electron chi connectivity index (χ1n) is 7.07. The van der Waals surface area contributed by atoms with E-state index >= 15 is 0 Å².